The van der Waals surface area contributed by atoms with Crippen molar-refractivity contribution < 1.29 is 4.79 Å². The fraction of sp³-hybridized carbons (Fsp3) is 0.357. The predicted octanol–water partition coefficient (Wildman–Crippen LogP) is 1.17. The van der Waals surface area contributed by atoms with E-state index in [4.69, 9.17) is 0 Å². The molecule has 1 aromatic heterocycles. The van der Waals surface area contributed by atoms with Crippen molar-refractivity contribution in [3.05, 3.63) is 40.3 Å². The standard InChI is InChI=1S/C14H15N3O2/c1-16-11-7-3-2-6-10(11)15-12(13(16)18)14(19)17-8-4-5-9-17/h2-3,6-7H,4-5,8-9H2,1H3. The molecule has 0 atom stereocenters. The van der Waals surface area contributed by atoms with E-state index in [2.05, 4.69) is 4.98 Å². The number of rotatable bonds is 1. The number of carbonyl (C=O) groups is 1. The van der Waals surface area contributed by atoms with Crippen molar-refractivity contribution in [1.82, 2.24) is 14.5 Å². The number of carbonyl (C=O) groups excluding carboxylic acids is 1. The van der Waals surface area contributed by atoms with Crippen molar-refractivity contribution in [3.8, 4) is 0 Å². The molecule has 1 aromatic carbocycles. The molecule has 1 saturated heterocycles. The van der Waals surface area contributed by atoms with E-state index in [9.17, 15) is 9.59 Å². The van der Waals surface area contributed by atoms with Gasteiger partial charge in [-0.15, -0.1) is 0 Å². The molecule has 1 fully saturated rings. The number of nitrogens with zero attached hydrogens (tertiary/aromatic N) is 3. The molecular formula is C14H15N3O2. The van der Waals surface area contributed by atoms with Gasteiger partial charge in [-0.1, -0.05) is 12.1 Å². The van der Waals surface area contributed by atoms with Gasteiger partial charge in [0.1, 0.15) is 0 Å². The average Bonchev–Trinajstić information content (AvgIpc) is 2.96. The van der Waals surface area contributed by atoms with Crippen molar-refractivity contribution in [2.24, 2.45) is 7.05 Å². The van der Waals surface area contributed by atoms with Crippen molar-refractivity contribution in [2.75, 3.05) is 13.1 Å². The summed E-state index contributed by atoms with van der Waals surface area (Å²) in [5.74, 6) is -0.246. The maximum absolute atomic E-state index is 12.3. The molecule has 1 amide bonds. The van der Waals surface area contributed by atoms with E-state index in [0.717, 1.165) is 31.4 Å². The van der Waals surface area contributed by atoms with Crippen LogP contribution in [0.3, 0.4) is 0 Å². The number of aryl methyl sites for hydroxylation is 1. The molecule has 0 aliphatic carbocycles. The molecular weight excluding hydrogens is 242 g/mol. The van der Waals surface area contributed by atoms with Crippen molar-refractivity contribution >= 4 is 16.9 Å². The number of hydrogen-bond donors (Lipinski definition) is 0. The maximum Gasteiger partial charge on any atom is 0.282 e. The molecule has 0 unspecified atom stereocenters. The van der Waals surface area contributed by atoms with Crippen LogP contribution in [-0.2, 0) is 7.05 Å². The zero-order valence-corrected chi connectivity index (χ0v) is 10.8. The van der Waals surface area contributed by atoms with Crippen LogP contribution in [0.25, 0.3) is 11.0 Å². The maximum atomic E-state index is 12.3. The van der Waals surface area contributed by atoms with Crippen LogP contribution in [0.15, 0.2) is 29.1 Å². The van der Waals surface area contributed by atoms with E-state index >= 15 is 0 Å². The highest BCUT2D eigenvalue weighted by Crippen LogP contribution is 2.13. The van der Waals surface area contributed by atoms with E-state index in [1.165, 1.54) is 4.57 Å². The van der Waals surface area contributed by atoms with E-state index in [0.29, 0.717) is 5.52 Å². The van der Waals surface area contributed by atoms with Gasteiger partial charge < -0.3 is 9.47 Å². The van der Waals surface area contributed by atoms with Gasteiger partial charge in [0, 0.05) is 20.1 Å². The summed E-state index contributed by atoms with van der Waals surface area (Å²) in [5.41, 5.74) is 1.12. The Morgan fingerprint density at radius 2 is 1.89 bits per heavy atom. The first-order valence-electron chi connectivity index (χ1n) is 6.43. The number of para-hydroxylation sites is 2. The topological polar surface area (TPSA) is 55.2 Å². The zero-order valence-electron chi connectivity index (χ0n) is 10.8. The minimum atomic E-state index is -0.324. The Labute approximate surface area is 110 Å². The molecule has 0 bridgehead atoms. The van der Waals surface area contributed by atoms with Crippen LogP contribution in [0.5, 0.6) is 0 Å². The first-order valence-corrected chi connectivity index (χ1v) is 6.43. The fourth-order valence-corrected chi connectivity index (χ4v) is 2.49. The van der Waals surface area contributed by atoms with E-state index in [1.807, 2.05) is 24.3 Å². The molecule has 98 valence electrons. The van der Waals surface area contributed by atoms with Gasteiger partial charge in [-0.2, -0.15) is 0 Å². The van der Waals surface area contributed by atoms with Crippen LogP contribution < -0.4 is 5.56 Å². The number of likely N-dealkylation sites (tertiary alicyclic amines) is 1. The second-order valence-corrected chi connectivity index (χ2v) is 4.81. The molecule has 0 radical (unpaired) electrons. The van der Waals surface area contributed by atoms with Crippen molar-refractivity contribution in [3.63, 3.8) is 0 Å². The highest BCUT2D eigenvalue weighted by molar-refractivity contribution is 5.94. The highest BCUT2D eigenvalue weighted by atomic mass is 16.2. The molecule has 2 aromatic rings. The normalized spacial score (nSPS) is 15.1. The van der Waals surface area contributed by atoms with Crippen molar-refractivity contribution in [2.45, 2.75) is 12.8 Å². The van der Waals surface area contributed by atoms with Gasteiger partial charge >= 0.3 is 0 Å². The number of aromatic nitrogens is 2. The third kappa shape index (κ3) is 1.91. The molecule has 0 spiro atoms. The van der Waals surface area contributed by atoms with Gasteiger partial charge in [-0.3, -0.25) is 9.59 Å². The summed E-state index contributed by atoms with van der Waals surface area (Å²) in [4.78, 5) is 30.5. The van der Waals surface area contributed by atoms with Crippen LogP contribution in [-0.4, -0.2) is 33.4 Å². The molecule has 1 aliphatic heterocycles. The van der Waals surface area contributed by atoms with Crippen LogP contribution in [0.1, 0.15) is 23.3 Å². The first kappa shape index (κ1) is 11.9. The largest absolute Gasteiger partial charge is 0.337 e. The van der Waals surface area contributed by atoms with Crippen molar-refractivity contribution in [1.29, 1.82) is 0 Å². The van der Waals surface area contributed by atoms with E-state index < -0.39 is 0 Å². The molecule has 2 heterocycles. The Hall–Kier alpha value is -2.17. The Morgan fingerprint density at radius 1 is 1.21 bits per heavy atom. The summed E-state index contributed by atoms with van der Waals surface area (Å²) >= 11 is 0. The Morgan fingerprint density at radius 3 is 2.63 bits per heavy atom. The number of benzene rings is 1. The Balaban J connectivity index is 2.16. The second kappa shape index (κ2) is 4.50. The summed E-state index contributed by atoms with van der Waals surface area (Å²) < 4.78 is 1.49. The van der Waals surface area contributed by atoms with E-state index in [-0.39, 0.29) is 17.2 Å². The summed E-state index contributed by atoms with van der Waals surface area (Å²) in [6.45, 7) is 1.44. The summed E-state index contributed by atoms with van der Waals surface area (Å²) in [5, 5.41) is 0. The predicted molar refractivity (Wildman–Crippen MR) is 72.1 cm³/mol. The Kier molecular flexibility index (Phi) is 2.81. The lowest BCUT2D eigenvalue weighted by Gasteiger charge is -2.15. The molecule has 5 nitrogen and oxygen atoms in total. The van der Waals surface area contributed by atoms with Gasteiger partial charge in [0.15, 0.2) is 5.69 Å². The molecule has 0 N–H and O–H groups in total. The highest BCUT2D eigenvalue weighted by Gasteiger charge is 2.24. The number of hydrogen-bond acceptors (Lipinski definition) is 3. The van der Waals surface area contributed by atoms with E-state index in [1.54, 1.807) is 11.9 Å². The Bertz CT molecular complexity index is 699. The summed E-state index contributed by atoms with van der Waals surface area (Å²) in [6.07, 6.45) is 2.00. The van der Waals surface area contributed by atoms with Gasteiger partial charge in [-0.25, -0.2) is 4.98 Å². The van der Waals surface area contributed by atoms with Gasteiger partial charge in [-0.05, 0) is 25.0 Å². The average molecular weight is 257 g/mol. The van der Waals surface area contributed by atoms with Gasteiger partial charge in [0.25, 0.3) is 11.5 Å². The number of fused-ring (bicyclic) bond motifs is 1. The van der Waals surface area contributed by atoms with Gasteiger partial charge in [0.05, 0.1) is 11.0 Å². The first-order chi connectivity index (χ1) is 9.18. The molecule has 5 heteroatoms. The minimum absolute atomic E-state index is 0.0306. The molecule has 0 saturated carbocycles. The van der Waals surface area contributed by atoms with Crippen LogP contribution in [0.4, 0.5) is 0 Å². The SMILES string of the molecule is Cn1c(=O)c(C(=O)N2CCCC2)nc2ccccc21. The summed E-state index contributed by atoms with van der Waals surface area (Å²) in [6, 6.07) is 7.35. The zero-order chi connectivity index (χ0) is 13.4. The molecule has 3 rings (SSSR count). The second-order valence-electron chi connectivity index (χ2n) is 4.81. The van der Waals surface area contributed by atoms with Crippen LogP contribution in [0.2, 0.25) is 0 Å². The van der Waals surface area contributed by atoms with Crippen LogP contribution in [0, 0.1) is 0 Å². The third-order valence-electron chi connectivity index (χ3n) is 3.58. The lowest BCUT2D eigenvalue weighted by molar-refractivity contribution is 0.0785. The smallest absolute Gasteiger partial charge is 0.282 e. The summed E-state index contributed by atoms with van der Waals surface area (Å²) in [7, 11) is 1.67. The lowest BCUT2D eigenvalue weighted by Crippen LogP contribution is -2.35. The monoisotopic (exact) mass is 257 g/mol. The molecule has 1 aliphatic rings. The minimum Gasteiger partial charge on any atom is -0.337 e. The molecule has 19 heavy (non-hydrogen) atoms. The third-order valence-corrected chi connectivity index (χ3v) is 3.58. The fourth-order valence-electron chi connectivity index (χ4n) is 2.49. The number of amides is 1. The van der Waals surface area contributed by atoms with Gasteiger partial charge in [0.2, 0.25) is 0 Å². The lowest BCUT2D eigenvalue weighted by atomic mass is 10.2. The van der Waals surface area contributed by atoms with Crippen LogP contribution >= 0.6 is 0 Å². The quantitative estimate of drug-likeness (QED) is 0.770.